The summed E-state index contributed by atoms with van der Waals surface area (Å²) in [6.45, 7) is 5.92. The van der Waals surface area contributed by atoms with Crippen LogP contribution in [0.4, 0.5) is 21.9 Å². The van der Waals surface area contributed by atoms with Gasteiger partial charge in [-0.05, 0) is 61.2 Å². The van der Waals surface area contributed by atoms with Crippen molar-refractivity contribution in [2.75, 3.05) is 16.2 Å². The third kappa shape index (κ3) is 3.31. The fourth-order valence-electron chi connectivity index (χ4n) is 2.54. The van der Waals surface area contributed by atoms with Gasteiger partial charge in [0.25, 0.3) is 0 Å². The molecule has 0 radical (unpaired) electrons. The number of rotatable bonds is 4. The van der Waals surface area contributed by atoms with Crippen LogP contribution >= 0.6 is 0 Å². The Labute approximate surface area is 130 Å². The van der Waals surface area contributed by atoms with Crippen molar-refractivity contribution in [1.29, 1.82) is 0 Å². The predicted molar refractivity (Wildman–Crippen MR) is 91.8 cm³/mol. The minimum atomic E-state index is -0.566. The highest BCUT2D eigenvalue weighted by Crippen LogP contribution is 2.29. The Balaban J connectivity index is 2.47. The molecule has 2 rings (SSSR count). The number of nitrogen functional groups attached to an aromatic ring is 1. The molecule has 0 unspecified atom stereocenters. The zero-order valence-electron chi connectivity index (χ0n) is 13.2. The van der Waals surface area contributed by atoms with Crippen molar-refractivity contribution in [3.05, 3.63) is 53.1 Å². The molecular weight excluding hydrogens is 276 g/mol. The average molecular weight is 298 g/mol. The van der Waals surface area contributed by atoms with Crippen LogP contribution in [-0.4, -0.2) is 6.03 Å². The molecule has 2 amide bonds. The fraction of sp³-hybridized carbons (Fsp3) is 0.235. The molecule has 0 spiro atoms. The number of aryl methyl sites for hydroxylation is 3. The summed E-state index contributed by atoms with van der Waals surface area (Å²) >= 11 is 0. The molecule has 0 aliphatic heterocycles. The number of hydrogen-bond acceptors (Lipinski definition) is 3. The number of primary amides is 1. The molecule has 0 aliphatic rings. The number of amides is 2. The van der Waals surface area contributed by atoms with Crippen LogP contribution in [0.3, 0.4) is 0 Å². The number of anilines is 3. The van der Waals surface area contributed by atoms with Gasteiger partial charge in [0.15, 0.2) is 0 Å². The summed E-state index contributed by atoms with van der Waals surface area (Å²) in [5.74, 6) is 0. The fourth-order valence-corrected chi connectivity index (χ4v) is 2.54. The molecule has 2 aromatic carbocycles. The molecule has 0 aromatic heterocycles. The van der Waals surface area contributed by atoms with E-state index in [0.29, 0.717) is 5.69 Å². The van der Waals surface area contributed by atoms with Crippen molar-refractivity contribution in [3.8, 4) is 0 Å². The van der Waals surface area contributed by atoms with Crippen LogP contribution in [0, 0.1) is 13.8 Å². The molecule has 0 saturated carbocycles. The molecule has 22 heavy (non-hydrogen) atoms. The smallest absolute Gasteiger partial charge is 0.338 e. The lowest BCUT2D eigenvalue weighted by molar-refractivity contribution is 0.255. The normalized spacial score (nSPS) is 10.3. The molecule has 116 valence electrons. The Kier molecular flexibility index (Phi) is 4.56. The standard InChI is InChI=1S/C17H22N4O/c1-4-13-10-14(18)9-12(3)16(13)21(17(19)22)20-15-7-5-6-11(2)8-15/h5-10,20H,4,18H2,1-3H3,(H2,19,22). The van der Waals surface area contributed by atoms with Gasteiger partial charge in [0, 0.05) is 5.69 Å². The van der Waals surface area contributed by atoms with Gasteiger partial charge >= 0.3 is 6.03 Å². The highest BCUT2D eigenvalue weighted by Gasteiger charge is 2.19. The highest BCUT2D eigenvalue weighted by atomic mass is 16.2. The van der Waals surface area contributed by atoms with Crippen LogP contribution in [0.2, 0.25) is 0 Å². The van der Waals surface area contributed by atoms with Crippen LogP contribution in [0.5, 0.6) is 0 Å². The quantitative estimate of drug-likeness (QED) is 0.597. The number of nitrogens with one attached hydrogen (secondary N) is 1. The number of carbonyl (C=O) groups excluding carboxylic acids is 1. The van der Waals surface area contributed by atoms with Gasteiger partial charge in [-0.1, -0.05) is 19.1 Å². The van der Waals surface area contributed by atoms with E-state index < -0.39 is 6.03 Å². The molecule has 5 heteroatoms. The molecule has 5 nitrogen and oxygen atoms in total. The molecule has 0 saturated heterocycles. The van der Waals surface area contributed by atoms with Crippen molar-refractivity contribution in [3.63, 3.8) is 0 Å². The van der Waals surface area contributed by atoms with Gasteiger partial charge in [-0.2, -0.15) is 0 Å². The van der Waals surface area contributed by atoms with Crippen LogP contribution < -0.4 is 21.9 Å². The Bertz CT molecular complexity index is 697. The average Bonchev–Trinajstić information content (AvgIpc) is 2.44. The lowest BCUT2D eigenvalue weighted by atomic mass is 10.0. The van der Waals surface area contributed by atoms with E-state index >= 15 is 0 Å². The molecule has 2 aromatic rings. The first-order valence-electron chi connectivity index (χ1n) is 7.24. The van der Waals surface area contributed by atoms with Crippen LogP contribution in [0.25, 0.3) is 0 Å². The van der Waals surface area contributed by atoms with E-state index in [1.54, 1.807) is 0 Å². The number of nitrogens with two attached hydrogens (primary N) is 2. The summed E-state index contributed by atoms with van der Waals surface area (Å²) in [6, 6.07) is 10.9. The van der Waals surface area contributed by atoms with Crippen molar-refractivity contribution in [2.45, 2.75) is 27.2 Å². The summed E-state index contributed by atoms with van der Waals surface area (Å²) in [7, 11) is 0. The van der Waals surface area contributed by atoms with E-state index in [2.05, 4.69) is 5.43 Å². The van der Waals surface area contributed by atoms with Gasteiger partial charge in [0.05, 0.1) is 11.4 Å². The Morgan fingerprint density at radius 2 is 1.95 bits per heavy atom. The van der Waals surface area contributed by atoms with E-state index in [9.17, 15) is 4.79 Å². The molecule has 0 heterocycles. The minimum Gasteiger partial charge on any atom is -0.399 e. The van der Waals surface area contributed by atoms with Crippen LogP contribution in [0.15, 0.2) is 36.4 Å². The maximum absolute atomic E-state index is 11.9. The summed E-state index contributed by atoms with van der Waals surface area (Å²) < 4.78 is 0. The number of urea groups is 1. The third-order valence-corrected chi connectivity index (χ3v) is 3.49. The highest BCUT2D eigenvalue weighted by molar-refractivity contribution is 5.95. The molecule has 0 bridgehead atoms. The second-order valence-corrected chi connectivity index (χ2v) is 5.35. The lowest BCUT2D eigenvalue weighted by Gasteiger charge is -2.27. The maximum Gasteiger partial charge on any atom is 0.338 e. The molecule has 0 aliphatic carbocycles. The predicted octanol–water partition coefficient (Wildman–Crippen LogP) is 3.36. The number of carbonyl (C=O) groups is 1. The summed E-state index contributed by atoms with van der Waals surface area (Å²) in [4.78, 5) is 11.9. The van der Waals surface area contributed by atoms with Gasteiger partial charge in [-0.3, -0.25) is 5.43 Å². The SMILES string of the molecule is CCc1cc(N)cc(C)c1N(Nc1cccc(C)c1)C(N)=O. The van der Waals surface area contributed by atoms with Gasteiger partial charge in [-0.15, -0.1) is 0 Å². The Morgan fingerprint density at radius 3 is 2.55 bits per heavy atom. The monoisotopic (exact) mass is 298 g/mol. The second kappa shape index (κ2) is 6.39. The molecule has 0 fully saturated rings. The van der Waals surface area contributed by atoms with Gasteiger partial charge in [0.2, 0.25) is 0 Å². The Hall–Kier alpha value is -2.69. The number of hydrogen-bond donors (Lipinski definition) is 3. The van der Waals surface area contributed by atoms with Crippen molar-refractivity contribution >= 4 is 23.1 Å². The van der Waals surface area contributed by atoms with E-state index in [-0.39, 0.29) is 0 Å². The zero-order valence-corrected chi connectivity index (χ0v) is 13.2. The number of nitrogens with zero attached hydrogens (tertiary/aromatic N) is 1. The van der Waals surface area contributed by atoms with E-state index in [1.165, 1.54) is 5.01 Å². The van der Waals surface area contributed by atoms with Gasteiger partial charge in [-0.25, -0.2) is 9.80 Å². The van der Waals surface area contributed by atoms with Gasteiger partial charge < -0.3 is 11.5 Å². The zero-order chi connectivity index (χ0) is 16.3. The van der Waals surface area contributed by atoms with Crippen LogP contribution in [-0.2, 0) is 6.42 Å². The lowest BCUT2D eigenvalue weighted by Crippen LogP contribution is -2.41. The topological polar surface area (TPSA) is 84.4 Å². The van der Waals surface area contributed by atoms with Crippen molar-refractivity contribution in [2.24, 2.45) is 5.73 Å². The van der Waals surface area contributed by atoms with Crippen molar-refractivity contribution in [1.82, 2.24) is 0 Å². The first-order chi connectivity index (χ1) is 10.4. The van der Waals surface area contributed by atoms with Crippen molar-refractivity contribution < 1.29 is 4.79 Å². The first-order valence-corrected chi connectivity index (χ1v) is 7.24. The largest absolute Gasteiger partial charge is 0.399 e. The van der Waals surface area contributed by atoms with E-state index in [4.69, 9.17) is 11.5 Å². The molecule has 0 atom stereocenters. The summed E-state index contributed by atoms with van der Waals surface area (Å²) in [5, 5.41) is 1.38. The number of hydrazine groups is 1. The molecular formula is C17H22N4O. The second-order valence-electron chi connectivity index (χ2n) is 5.35. The Morgan fingerprint density at radius 1 is 1.23 bits per heavy atom. The third-order valence-electron chi connectivity index (χ3n) is 3.49. The first kappa shape index (κ1) is 15.7. The number of benzene rings is 2. The van der Waals surface area contributed by atoms with Crippen LogP contribution in [0.1, 0.15) is 23.6 Å². The summed E-state index contributed by atoms with van der Waals surface area (Å²) in [6.07, 6.45) is 0.750. The van der Waals surface area contributed by atoms with E-state index in [0.717, 1.165) is 34.5 Å². The maximum atomic E-state index is 11.9. The minimum absolute atomic E-state index is 0.566. The van der Waals surface area contributed by atoms with E-state index in [1.807, 2.05) is 57.2 Å². The summed E-state index contributed by atoms with van der Waals surface area (Å²) in [5.41, 5.74) is 19.8. The molecule has 5 N–H and O–H groups in total. The van der Waals surface area contributed by atoms with Gasteiger partial charge in [0.1, 0.15) is 0 Å².